The molecule has 1 aromatic rings. The Morgan fingerprint density at radius 2 is 1.89 bits per heavy atom. The summed E-state index contributed by atoms with van der Waals surface area (Å²) >= 11 is 0. The van der Waals surface area contributed by atoms with Crippen molar-refractivity contribution in [3.05, 3.63) is 29.8 Å². The Hall–Kier alpha value is -2.04. The van der Waals surface area contributed by atoms with Gasteiger partial charge in [0.05, 0.1) is 5.56 Å². The monoisotopic (exact) mass is 263 g/mol. The zero-order valence-corrected chi connectivity index (χ0v) is 11.6. The molecule has 0 radical (unpaired) electrons. The minimum atomic E-state index is -0.665. The zero-order chi connectivity index (χ0) is 14.4. The minimum Gasteiger partial charge on any atom is -0.385 e. The first-order valence-corrected chi connectivity index (χ1v) is 6.40. The van der Waals surface area contributed by atoms with Crippen LogP contribution < -0.4 is 16.4 Å². The number of carbonyl (C=O) groups is 2. The standard InChI is InChI=1S/C14H21N3O2/c1-4-16-11-8-6-5-7-10(11)14(19)17-12(9(2)3)13(15)18/h5-9,12,16H,4H2,1-3H3,(H2,15,18)(H,17,19). The second kappa shape index (κ2) is 6.78. The van der Waals surface area contributed by atoms with Gasteiger partial charge in [-0.3, -0.25) is 9.59 Å². The quantitative estimate of drug-likeness (QED) is 0.724. The normalized spacial score (nSPS) is 12.0. The molecule has 0 heterocycles. The van der Waals surface area contributed by atoms with Crippen molar-refractivity contribution >= 4 is 17.5 Å². The highest BCUT2D eigenvalue weighted by Gasteiger charge is 2.23. The fraction of sp³-hybridized carbons (Fsp3) is 0.429. The molecule has 1 atom stereocenters. The fourth-order valence-electron chi connectivity index (χ4n) is 1.81. The van der Waals surface area contributed by atoms with Crippen LogP contribution in [0.3, 0.4) is 0 Å². The average Bonchev–Trinajstić information content (AvgIpc) is 2.36. The van der Waals surface area contributed by atoms with Gasteiger partial charge in [0, 0.05) is 12.2 Å². The van der Waals surface area contributed by atoms with Gasteiger partial charge >= 0.3 is 0 Å². The fourth-order valence-corrected chi connectivity index (χ4v) is 1.81. The number of para-hydroxylation sites is 1. The first kappa shape index (κ1) is 15.0. The van der Waals surface area contributed by atoms with Gasteiger partial charge in [-0.15, -0.1) is 0 Å². The van der Waals surface area contributed by atoms with Crippen molar-refractivity contribution in [2.24, 2.45) is 11.7 Å². The summed E-state index contributed by atoms with van der Waals surface area (Å²) in [5, 5.41) is 5.79. The van der Waals surface area contributed by atoms with Crippen molar-refractivity contribution < 1.29 is 9.59 Å². The van der Waals surface area contributed by atoms with Crippen molar-refractivity contribution in [3.63, 3.8) is 0 Å². The van der Waals surface area contributed by atoms with E-state index in [2.05, 4.69) is 10.6 Å². The predicted octanol–water partition coefficient (Wildman–Crippen LogP) is 1.36. The van der Waals surface area contributed by atoms with Crippen molar-refractivity contribution in [3.8, 4) is 0 Å². The van der Waals surface area contributed by atoms with Gasteiger partial charge < -0.3 is 16.4 Å². The number of rotatable bonds is 6. The smallest absolute Gasteiger partial charge is 0.254 e. The number of primary amides is 1. The third-order valence-corrected chi connectivity index (χ3v) is 2.80. The summed E-state index contributed by atoms with van der Waals surface area (Å²) < 4.78 is 0. The molecular weight excluding hydrogens is 242 g/mol. The van der Waals surface area contributed by atoms with Crippen molar-refractivity contribution in [2.75, 3.05) is 11.9 Å². The number of nitrogens with two attached hydrogens (primary N) is 1. The largest absolute Gasteiger partial charge is 0.385 e. The van der Waals surface area contributed by atoms with Crippen LogP contribution in [-0.4, -0.2) is 24.4 Å². The van der Waals surface area contributed by atoms with Crippen LogP contribution in [0, 0.1) is 5.92 Å². The molecule has 19 heavy (non-hydrogen) atoms. The first-order valence-electron chi connectivity index (χ1n) is 6.40. The lowest BCUT2D eigenvalue weighted by molar-refractivity contribution is -0.120. The highest BCUT2D eigenvalue weighted by Crippen LogP contribution is 2.15. The molecule has 1 aromatic carbocycles. The average molecular weight is 263 g/mol. The highest BCUT2D eigenvalue weighted by molar-refractivity contribution is 6.01. The molecule has 104 valence electrons. The Morgan fingerprint density at radius 3 is 2.42 bits per heavy atom. The van der Waals surface area contributed by atoms with Crippen LogP contribution in [0.4, 0.5) is 5.69 Å². The predicted molar refractivity (Wildman–Crippen MR) is 75.9 cm³/mol. The summed E-state index contributed by atoms with van der Waals surface area (Å²) in [5.41, 5.74) is 6.55. The van der Waals surface area contributed by atoms with Crippen LogP contribution in [-0.2, 0) is 4.79 Å². The number of hydrogen-bond donors (Lipinski definition) is 3. The molecule has 1 rings (SSSR count). The van der Waals surface area contributed by atoms with Crippen LogP contribution in [0.1, 0.15) is 31.1 Å². The van der Waals surface area contributed by atoms with Crippen LogP contribution >= 0.6 is 0 Å². The second-order valence-corrected chi connectivity index (χ2v) is 4.67. The number of anilines is 1. The Morgan fingerprint density at radius 1 is 1.26 bits per heavy atom. The van der Waals surface area contributed by atoms with E-state index in [9.17, 15) is 9.59 Å². The number of amides is 2. The van der Waals surface area contributed by atoms with Gasteiger partial charge in [-0.1, -0.05) is 26.0 Å². The van der Waals surface area contributed by atoms with Gasteiger partial charge in [-0.05, 0) is 25.0 Å². The van der Waals surface area contributed by atoms with E-state index in [4.69, 9.17) is 5.73 Å². The van der Waals surface area contributed by atoms with Gasteiger partial charge in [-0.2, -0.15) is 0 Å². The minimum absolute atomic E-state index is 0.0484. The zero-order valence-electron chi connectivity index (χ0n) is 11.6. The highest BCUT2D eigenvalue weighted by atomic mass is 16.2. The Bertz CT molecular complexity index is 458. The van der Waals surface area contributed by atoms with Crippen LogP contribution in [0.25, 0.3) is 0 Å². The van der Waals surface area contributed by atoms with E-state index in [0.717, 1.165) is 5.69 Å². The molecule has 0 aliphatic heterocycles. The molecular formula is C14H21N3O2. The molecule has 0 spiro atoms. The molecule has 1 unspecified atom stereocenters. The van der Waals surface area contributed by atoms with Gasteiger partial charge in [-0.25, -0.2) is 0 Å². The molecule has 0 bridgehead atoms. The Balaban J connectivity index is 2.91. The maximum Gasteiger partial charge on any atom is 0.254 e. The third kappa shape index (κ3) is 3.98. The molecule has 0 aliphatic carbocycles. The van der Waals surface area contributed by atoms with E-state index in [-0.39, 0.29) is 11.8 Å². The molecule has 5 heteroatoms. The van der Waals surface area contributed by atoms with Crippen molar-refractivity contribution in [1.29, 1.82) is 0 Å². The molecule has 0 aromatic heterocycles. The SMILES string of the molecule is CCNc1ccccc1C(=O)NC(C(N)=O)C(C)C. The lowest BCUT2D eigenvalue weighted by atomic mass is 10.0. The van der Waals surface area contributed by atoms with Crippen molar-refractivity contribution in [1.82, 2.24) is 5.32 Å². The molecule has 0 fully saturated rings. The van der Waals surface area contributed by atoms with Crippen molar-refractivity contribution in [2.45, 2.75) is 26.8 Å². The summed E-state index contributed by atoms with van der Waals surface area (Å²) in [6.45, 7) is 6.35. The molecule has 2 amide bonds. The van der Waals surface area contributed by atoms with E-state index in [1.165, 1.54) is 0 Å². The Kier molecular flexibility index (Phi) is 5.36. The van der Waals surface area contributed by atoms with Gasteiger partial charge in [0.2, 0.25) is 5.91 Å². The second-order valence-electron chi connectivity index (χ2n) is 4.67. The topological polar surface area (TPSA) is 84.2 Å². The Labute approximate surface area is 113 Å². The number of nitrogens with one attached hydrogen (secondary N) is 2. The first-order chi connectivity index (χ1) is 8.97. The number of carbonyl (C=O) groups excluding carboxylic acids is 2. The van der Waals surface area contributed by atoms with E-state index in [1.807, 2.05) is 32.9 Å². The molecule has 0 saturated heterocycles. The summed E-state index contributed by atoms with van der Waals surface area (Å²) in [4.78, 5) is 23.5. The van der Waals surface area contributed by atoms with E-state index < -0.39 is 11.9 Å². The van der Waals surface area contributed by atoms with Crippen LogP contribution in [0.15, 0.2) is 24.3 Å². The third-order valence-electron chi connectivity index (χ3n) is 2.80. The molecule has 4 N–H and O–H groups in total. The van der Waals surface area contributed by atoms with Gasteiger partial charge in [0.1, 0.15) is 6.04 Å². The van der Waals surface area contributed by atoms with E-state index >= 15 is 0 Å². The lowest BCUT2D eigenvalue weighted by Gasteiger charge is -2.20. The maximum absolute atomic E-state index is 12.2. The van der Waals surface area contributed by atoms with Crippen LogP contribution in [0.5, 0.6) is 0 Å². The van der Waals surface area contributed by atoms with E-state index in [1.54, 1.807) is 12.1 Å². The lowest BCUT2D eigenvalue weighted by Crippen LogP contribution is -2.47. The summed E-state index contributed by atoms with van der Waals surface area (Å²) in [6, 6.07) is 6.51. The summed E-state index contributed by atoms with van der Waals surface area (Å²) in [7, 11) is 0. The van der Waals surface area contributed by atoms with Gasteiger partial charge in [0.15, 0.2) is 0 Å². The number of benzene rings is 1. The molecule has 5 nitrogen and oxygen atoms in total. The van der Waals surface area contributed by atoms with E-state index in [0.29, 0.717) is 12.1 Å². The molecule has 0 aliphatic rings. The van der Waals surface area contributed by atoms with Gasteiger partial charge in [0.25, 0.3) is 5.91 Å². The maximum atomic E-state index is 12.2. The number of hydrogen-bond acceptors (Lipinski definition) is 3. The molecule has 0 saturated carbocycles. The summed E-state index contributed by atoms with van der Waals surface area (Å²) in [6.07, 6.45) is 0. The summed E-state index contributed by atoms with van der Waals surface area (Å²) in [5.74, 6) is -0.869. The van der Waals surface area contributed by atoms with Crippen LogP contribution in [0.2, 0.25) is 0 Å².